The summed E-state index contributed by atoms with van der Waals surface area (Å²) in [5.41, 5.74) is 0. The van der Waals surface area contributed by atoms with E-state index in [1.807, 2.05) is 0 Å². The first kappa shape index (κ1) is 9.02. The molecule has 0 aromatic carbocycles. The van der Waals surface area contributed by atoms with E-state index in [1.54, 1.807) is 0 Å². The molecule has 0 unspecified atom stereocenters. The van der Waals surface area contributed by atoms with Crippen molar-refractivity contribution in [3.05, 3.63) is 0 Å². The molecule has 0 atom stereocenters. The molecule has 0 saturated heterocycles. The fourth-order valence-corrected chi connectivity index (χ4v) is 0. The van der Waals surface area contributed by atoms with Gasteiger partial charge in [0.25, 0.3) is 3.53 Å². The number of hydrogen-bond donors (Lipinski definition) is 2. The first-order valence-electron chi connectivity index (χ1n) is 1.37. The van der Waals surface area contributed by atoms with Crippen LogP contribution in [0, 0.1) is 0 Å². The summed E-state index contributed by atoms with van der Waals surface area (Å²) in [6.07, 6.45) is 0. The van der Waals surface area contributed by atoms with E-state index in [1.165, 1.54) is 0 Å². The molecule has 2 N–H and O–H groups in total. The third-order valence-corrected chi connectivity index (χ3v) is 2.97. The van der Waals surface area contributed by atoms with Crippen molar-refractivity contribution in [1.29, 1.82) is 0 Å². The summed E-state index contributed by atoms with van der Waals surface area (Å²) < 4.78 is 7.47. The van der Waals surface area contributed by atoms with E-state index in [0.29, 0.717) is 0 Å². The van der Waals surface area contributed by atoms with E-state index in [0.717, 1.165) is 0 Å². The van der Waals surface area contributed by atoms with Gasteiger partial charge in [0.15, 0.2) is 0 Å². The molecule has 0 amide bonds. The Morgan fingerprint density at radius 2 is 1.38 bits per heavy atom. The van der Waals surface area contributed by atoms with Crippen molar-refractivity contribution in [1.82, 2.24) is 0 Å². The van der Waals surface area contributed by atoms with Gasteiger partial charge in [-0.15, -0.1) is 0 Å². The fourth-order valence-electron chi connectivity index (χ4n) is 0. The predicted octanol–water partition coefficient (Wildman–Crippen LogP) is 1.49. The molecule has 7 heteroatoms. The van der Waals surface area contributed by atoms with Crippen molar-refractivity contribution in [2.24, 2.45) is 0 Å². The van der Waals surface area contributed by atoms with Crippen molar-refractivity contribution >= 4 is 42.4 Å². The highest BCUT2D eigenvalue weighted by Gasteiger charge is 2.41. The predicted molar refractivity (Wildman–Crippen MR) is 32.3 cm³/mol. The SMILES string of the molecule is O=P(O)(O)C(Cl)(Cl)Cl. The zero-order valence-electron chi connectivity index (χ0n) is 3.38. The molecule has 0 aliphatic carbocycles. The molecule has 0 spiro atoms. The van der Waals surface area contributed by atoms with Gasteiger partial charge in [-0.2, -0.15) is 0 Å². The average molecular weight is 199 g/mol. The summed E-state index contributed by atoms with van der Waals surface area (Å²) in [7, 11) is -4.55. The van der Waals surface area contributed by atoms with Crippen LogP contribution in [0.15, 0.2) is 0 Å². The van der Waals surface area contributed by atoms with Crippen LogP contribution in [0.2, 0.25) is 0 Å². The molecule has 0 radical (unpaired) electrons. The molecule has 0 bridgehead atoms. The Hall–Kier alpha value is 1.02. The van der Waals surface area contributed by atoms with E-state index in [4.69, 9.17) is 44.6 Å². The first-order valence-corrected chi connectivity index (χ1v) is 4.12. The van der Waals surface area contributed by atoms with Gasteiger partial charge in [-0.3, -0.25) is 4.57 Å². The fraction of sp³-hybridized carbons (Fsp3) is 1.00. The lowest BCUT2D eigenvalue weighted by molar-refractivity contribution is 0.373. The minimum atomic E-state index is -4.55. The summed E-state index contributed by atoms with van der Waals surface area (Å²) >= 11 is 14.3. The number of hydrogen-bond acceptors (Lipinski definition) is 1. The molecule has 0 aliphatic heterocycles. The molecule has 0 rings (SSSR count). The van der Waals surface area contributed by atoms with E-state index in [-0.39, 0.29) is 0 Å². The van der Waals surface area contributed by atoms with Crippen LogP contribution in [0.25, 0.3) is 0 Å². The molecule has 8 heavy (non-hydrogen) atoms. The minimum Gasteiger partial charge on any atom is -0.321 e. The van der Waals surface area contributed by atoms with Gasteiger partial charge < -0.3 is 9.79 Å². The quantitative estimate of drug-likeness (QED) is 0.459. The highest BCUT2D eigenvalue weighted by atomic mass is 35.6. The first-order chi connectivity index (χ1) is 3.25. The second kappa shape index (κ2) is 2.33. The van der Waals surface area contributed by atoms with E-state index >= 15 is 0 Å². The maximum absolute atomic E-state index is 9.95. The van der Waals surface area contributed by atoms with Crippen molar-refractivity contribution in [2.75, 3.05) is 0 Å². The second-order valence-electron chi connectivity index (χ2n) is 1.01. The molecular formula is CH2Cl3O3P. The monoisotopic (exact) mass is 198 g/mol. The van der Waals surface area contributed by atoms with Crippen molar-refractivity contribution in [3.8, 4) is 0 Å². The van der Waals surface area contributed by atoms with Crippen molar-refractivity contribution in [3.63, 3.8) is 0 Å². The van der Waals surface area contributed by atoms with Crippen molar-refractivity contribution in [2.45, 2.75) is 3.53 Å². The van der Waals surface area contributed by atoms with E-state index in [2.05, 4.69) is 0 Å². The largest absolute Gasteiger partial charge is 0.376 e. The zero-order valence-corrected chi connectivity index (χ0v) is 6.55. The molecule has 0 aliphatic rings. The Morgan fingerprint density at radius 1 is 1.25 bits per heavy atom. The van der Waals surface area contributed by atoms with Crippen LogP contribution >= 0.6 is 42.4 Å². The number of rotatable bonds is 0. The molecule has 0 saturated carbocycles. The van der Waals surface area contributed by atoms with Crippen LogP contribution in [0.4, 0.5) is 0 Å². The Kier molecular flexibility index (Phi) is 2.63. The highest BCUT2D eigenvalue weighted by molar-refractivity contribution is 7.61. The van der Waals surface area contributed by atoms with Crippen LogP contribution in [-0.2, 0) is 4.57 Å². The topological polar surface area (TPSA) is 57.5 Å². The standard InChI is InChI=1S/CH2Cl3O3P/c2-1(3,4)8(5,6)7/h(H2,5,6,7). The Labute approximate surface area is 60.7 Å². The van der Waals surface area contributed by atoms with Gasteiger partial charge in [0, 0.05) is 0 Å². The van der Waals surface area contributed by atoms with Crippen molar-refractivity contribution < 1.29 is 14.4 Å². The molecular weight excluding hydrogens is 197 g/mol. The third kappa shape index (κ3) is 2.53. The molecule has 0 aromatic heterocycles. The number of alkyl halides is 3. The third-order valence-electron chi connectivity index (χ3n) is 0.330. The van der Waals surface area contributed by atoms with Gasteiger partial charge in [-0.25, -0.2) is 0 Å². The molecule has 0 aromatic rings. The van der Waals surface area contributed by atoms with Crippen LogP contribution in [0.3, 0.4) is 0 Å². The Morgan fingerprint density at radius 3 is 1.38 bits per heavy atom. The summed E-state index contributed by atoms with van der Waals surface area (Å²) in [6, 6.07) is 0. The number of halogens is 3. The normalized spacial score (nSPS) is 14.1. The van der Waals surface area contributed by atoms with E-state index in [9.17, 15) is 4.57 Å². The summed E-state index contributed by atoms with van der Waals surface area (Å²) in [4.78, 5) is 16.1. The van der Waals surface area contributed by atoms with E-state index < -0.39 is 11.1 Å². The minimum absolute atomic E-state index is 2.48. The zero-order chi connectivity index (χ0) is 7.00. The summed E-state index contributed by atoms with van der Waals surface area (Å²) in [6.45, 7) is 0. The smallest absolute Gasteiger partial charge is 0.321 e. The lowest BCUT2D eigenvalue weighted by Gasteiger charge is -2.10. The van der Waals surface area contributed by atoms with Gasteiger partial charge in [-0.1, -0.05) is 34.8 Å². The summed E-state index contributed by atoms with van der Waals surface area (Å²) in [5, 5.41) is 0. The average Bonchev–Trinajstić information content (AvgIpc) is 1.25. The lowest BCUT2D eigenvalue weighted by Crippen LogP contribution is -2.01. The second-order valence-corrected chi connectivity index (χ2v) is 5.84. The van der Waals surface area contributed by atoms with Gasteiger partial charge in [-0.05, 0) is 0 Å². The Balaban J connectivity index is 4.26. The van der Waals surface area contributed by atoms with Gasteiger partial charge in [0.1, 0.15) is 0 Å². The molecule has 50 valence electrons. The van der Waals surface area contributed by atoms with Gasteiger partial charge in [0.05, 0.1) is 0 Å². The van der Waals surface area contributed by atoms with Crippen LogP contribution < -0.4 is 0 Å². The summed E-state index contributed by atoms with van der Waals surface area (Å²) in [5.74, 6) is 0. The van der Waals surface area contributed by atoms with Gasteiger partial charge in [0.2, 0.25) is 0 Å². The maximum Gasteiger partial charge on any atom is 0.376 e. The van der Waals surface area contributed by atoms with Crippen LogP contribution in [0.5, 0.6) is 0 Å². The van der Waals surface area contributed by atoms with Gasteiger partial charge >= 0.3 is 7.60 Å². The van der Waals surface area contributed by atoms with Crippen LogP contribution in [0.1, 0.15) is 0 Å². The lowest BCUT2D eigenvalue weighted by atomic mass is 11.8. The molecule has 0 heterocycles. The highest BCUT2D eigenvalue weighted by Crippen LogP contribution is 2.58. The van der Waals surface area contributed by atoms with Crippen LogP contribution in [-0.4, -0.2) is 13.3 Å². The Bertz CT molecular complexity index is 121. The molecule has 0 fully saturated rings. The molecule has 3 nitrogen and oxygen atoms in total. The maximum atomic E-state index is 9.95.